The number of carbonyl (C=O) groups excluding carboxylic acids is 1. The summed E-state index contributed by atoms with van der Waals surface area (Å²) in [5.74, 6) is 0.382. The lowest BCUT2D eigenvalue weighted by Crippen LogP contribution is -2.36. The Morgan fingerprint density at radius 2 is 2.26 bits per heavy atom. The van der Waals surface area contributed by atoms with Crippen molar-refractivity contribution in [3.63, 3.8) is 0 Å². The lowest BCUT2D eigenvalue weighted by atomic mass is 10.2. The number of carbonyl (C=O) groups is 1. The average Bonchev–Trinajstić information content (AvgIpc) is 2.38. The van der Waals surface area contributed by atoms with E-state index in [0.717, 1.165) is 6.54 Å². The van der Waals surface area contributed by atoms with E-state index in [-0.39, 0.29) is 11.9 Å². The van der Waals surface area contributed by atoms with E-state index in [2.05, 4.69) is 15.6 Å². The van der Waals surface area contributed by atoms with Crippen molar-refractivity contribution < 1.29 is 9.53 Å². The first kappa shape index (κ1) is 15.7. The average molecular weight is 286 g/mol. The summed E-state index contributed by atoms with van der Waals surface area (Å²) in [4.78, 5) is 16.1. The van der Waals surface area contributed by atoms with Crippen LogP contribution in [0, 0.1) is 0 Å². The fourth-order valence-corrected chi connectivity index (χ4v) is 1.74. The van der Waals surface area contributed by atoms with E-state index < -0.39 is 0 Å². The van der Waals surface area contributed by atoms with Gasteiger partial charge >= 0.3 is 0 Å². The second-order valence-corrected chi connectivity index (χ2v) is 4.53. The molecule has 0 bridgehead atoms. The van der Waals surface area contributed by atoms with E-state index in [0.29, 0.717) is 29.6 Å². The van der Waals surface area contributed by atoms with Gasteiger partial charge in [0.05, 0.1) is 17.2 Å². The molecule has 0 saturated heterocycles. The summed E-state index contributed by atoms with van der Waals surface area (Å²) in [5.41, 5.74) is 0.440. The van der Waals surface area contributed by atoms with Gasteiger partial charge in [0.15, 0.2) is 0 Å². The van der Waals surface area contributed by atoms with Gasteiger partial charge in [0.2, 0.25) is 0 Å². The highest BCUT2D eigenvalue weighted by Gasteiger charge is 2.12. The van der Waals surface area contributed by atoms with Crippen LogP contribution in [0.4, 0.5) is 5.82 Å². The fourth-order valence-electron chi connectivity index (χ4n) is 1.50. The molecule has 1 amide bonds. The van der Waals surface area contributed by atoms with Crippen LogP contribution in [0.5, 0.6) is 0 Å². The molecule has 0 fully saturated rings. The number of amides is 1. The van der Waals surface area contributed by atoms with Crippen molar-refractivity contribution >= 4 is 23.3 Å². The summed E-state index contributed by atoms with van der Waals surface area (Å²) >= 11 is 6.04. The quantitative estimate of drug-likeness (QED) is 0.807. The molecule has 0 aliphatic carbocycles. The number of hydrogen-bond donors (Lipinski definition) is 2. The molecule has 0 aromatic carbocycles. The topological polar surface area (TPSA) is 63.2 Å². The van der Waals surface area contributed by atoms with Crippen LogP contribution < -0.4 is 10.6 Å². The van der Waals surface area contributed by atoms with E-state index >= 15 is 0 Å². The molecule has 1 heterocycles. The van der Waals surface area contributed by atoms with Gasteiger partial charge in [0, 0.05) is 25.4 Å². The molecule has 19 heavy (non-hydrogen) atoms. The summed E-state index contributed by atoms with van der Waals surface area (Å²) < 4.78 is 5.24. The number of aromatic nitrogens is 1. The standard InChI is InChI=1S/C13H20ClN3O2/c1-4-15-12-11(14)6-10(7-16-12)13(18)17-9(3)8-19-5-2/h6-7,9H,4-5,8H2,1-3H3,(H,15,16)(H,17,18). The van der Waals surface area contributed by atoms with Crippen molar-refractivity contribution in [2.75, 3.05) is 25.1 Å². The summed E-state index contributed by atoms with van der Waals surface area (Å²) in [6.07, 6.45) is 1.51. The van der Waals surface area contributed by atoms with Crippen molar-refractivity contribution in [2.24, 2.45) is 0 Å². The second-order valence-electron chi connectivity index (χ2n) is 4.12. The molecule has 0 radical (unpaired) electrons. The summed E-state index contributed by atoms with van der Waals surface area (Å²) in [6, 6.07) is 1.55. The number of nitrogens with one attached hydrogen (secondary N) is 2. The molecular weight excluding hydrogens is 266 g/mol. The third-order valence-electron chi connectivity index (χ3n) is 2.40. The van der Waals surface area contributed by atoms with E-state index in [1.54, 1.807) is 6.07 Å². The summed E-state index contributed by atoms with van der Waals surface area (Å²) in [5, 5.41) is 6.28. The molecule has 0 aliphatic rings. The smallest absolute Gasteiger partial charge is 0.253 e. The van der Waals surface area contributed by atoms with Crippen molar-refractivity contribution in [3.8, 4) is 0 Å². The summed E-state index contributed by atoms with van der Waals surface area (Å²) in [7, 11) is 0. The van der Waals surface area contributed by atoms with Gasteiger partial charge in [-0.25, -0.2) is 4.98 Å². The minimum Gasteiger partial charge on any atom is -0.380 e. The first-order valence-corrected chi connectivity index (χ1v) is 6.74. The minimum absolute atomic E-state index is 0.0559. The van der Waals surface area contributed by atoms with Crippen LogP contribution in [0.2, 0.25) is 5.02 Å². The Bertz CT molecular complexity index is 426. The maximum absolute atomic E-state index is 12.0. The molecule has 5 nitrogen and oxygen atoms in total. The predicted octanol–water partition coefficient (Wildman–Crippen LogP) is 2.32. The zero-order valence-corrected chi connectivity index (χ0v) is 12.3. The van der Waals surface area contributed by atoms with Gasteiger partial charge in [-0.2, -0.15) is 0 Å². The molecule has 0 saturated carbocycles. The molecule has 2 N–H and O–H groups in total. The number of nitrogens with zero attached hydrogens (tertiary/aromatic N) is 1. The van der Waals surface area contributed by atoms with Gasteiger partial charge in [-0.1, -0.05) is 11.6 Å². The Morgan fingerprint density at radius 3 is 2.84 bits per heavy atom. The zero-order valence-electron chi connectivity index (χ0n) is 11.5. The first-order chi connectivity index (χ1) is 9.08. The fraction of sp³-hybridized carbons (Fsp3) is 0.538. The number of rotatable bonds is 7. The SMILES string of the molecule is CCNc1ncc(C(=O)NC(C)COCC)cc1Cl. The van der Waals surface area contributed by atoms with E-state index in [9.17, 15) is 4.79 Å². The highest BCUT2D eigenvalue weighted by Crippen LogP contribution is 2.19. The Hall–Kier alpha value is -1.33. The van der Waals surface area contributed by atoms with Crippen LogP contribution in [-0.2, 0) is 4.74 Å². The molecule has 6 heteroatoms. The molecule has 1 aromatic heterocycles. The maximum Gasteiger partial charge on any atom is 0.253 e. The first-order valence-electron chi connectivity index (χ1n) is 6.36. The van der Waals surface area contributed by atoms with Crippen LogP contribution in [0.1, 0.15) is 31.1 Å². The van der Waals surface area contributed by atoms with Crippen LogP contribution >= 0.6 is 11.6 Å². The van der Waals surface area contributed by atoms with E-state index in [1.165, 1.54) is 6.20 Å². The molecule has 1 unspecified atom stereocenters. The van der Waals surface area contributed by atoms with Crippen molar-refractivity contribution in [3.05, 3.63) is 22.8 Å². The molecule has 1 aromatic rings. The van der Waals surface area contributed by atoms with Gasteiger partial charge in [-0.05, 0) is 26.8 Å². The molecule has 1 atom stereocenters. The van der Waals surface area contributed by atoms with Gasteiger partial charge in [0.25, 0.3) is 5.91 Å². The highest BCUT2D eigenvalue weighted by atomic mass is 35.5. The summed E-state index contributed by atoms with van der Waals surface area (Å²) in [6.45, 7) is 7.59. The van der Waals surface area contributed by atoms with Crippen molar-refractivity contribution in [2.45, 2.75) is 26.8 Å². The lowest BCUT2D eigenvalue weighted by molar-refractivity contribution is 0.0871. The van der Waals surface area contributed by atoms with Gasteiger partial charge < -0.3 is 15.4 Å². The Kier molecular flexibility index (Phi) is 6.59. The number of hydrogen-bond acceptors (Lipinski definition) is 4. The monoisotopic (exact) mass is 285 g/mol. The molecular formula is C13H20ClN3O2. The molecule has 106 valence electrons. The third-order valence-corrected chi connectivity index (χ3v) is 2.69. The van der Waals surface area contributed by atoms with E-state index in [1.807, 2.05) is 20.8 Å². The molecule has 0 aliphatic heterocycles. The van der Waals surface area contributed by atoms with Crippen LogP contribution in [0.25, 0.3) is 0 Å². The number of anilines is 1. The molecule has 1 rings (SSSR count). The van der Waals surface area contributed by atoms with Gasteiger partial charge in [-0.3, -0.25) is 4.79 Å². The lowest BCUT2D eigenvalue weighted by Gasteiger charge is -2.14. The zero-order chi connectivity index (χ0) is 14.3. The van der Waals surface area contributed by atoms with E-state index in [4.69, 9.17) is 16.3 Å². The van der Waals surface area contributed by atoms with Crippen LogP contribution in [0.3, 0.4) is 0 Å². The van der Waals surface area contributed by atoms with Gasteiger partial charge in [-0.15, -0.1) is 0 Å². The second kappa shape index (κ2) is 7.96. The van der Waals surface area contributed by atoms with Crippen LogP contribution in [0.15, 0.2) is 12.3 Å². The highest BCUT2D eigenvalue weighted by molar-refractivity contribution is 6.33. The number of halogens is 1. The predicted molar refractivity (Wildman–Crippen MR) is 76.8 cm³/mol. The Labute approximate surface area is 118 Å². The Balaban J connectivity index is 2.64. The third kappa shape index (κ3) is 5.04. The minimum atomic E-state index is -0.204. The number of ether oxygens (including phenoxy) is 1. The number of pyridine rings is 1. The van der Waals surface area contributed by atoms with Gasteiger partial charge in [0.1, 0.15) is 5.82 Å². The van der Waals surface area contributed by atoms with Crippen LogP contribution in [-0.4, -0.2) is 36.7 Å². The largest absolute Gasteiger partial charge is 0.380 e. The normalized spacial score (nSPS) is 12.0. The molecule has 0 spiro atoms. The van der Waals surface area contributed by atoms with Crippen molar-refractivity contribution in [1.29, 1.82) is 0 Å². The van der Waals surface area contributed by atoms with Crippen molar-refractivity contribution in [1.82, 2.24) is 10.3 Å². The maximum atomic E-state index is 12.0. The Morgan fingerprint density at radius 1 is 1.53 bits per heavy atom.